The smallest absolute Gasteiger partial charge is 0.240 e. The third kappa shape index (κ3) is 4.36. The monoisotopic (exact) mass is 434 g/mol. The average molecular weight is 435 g/mol. The van der Waals surface area contributed by atoms with Crippen molar-refractivity contribution in [1.82, 2.24) is 5.32 Å². The Morgan fingerprint density at radius 1 is 0.903 bits per heavy atom. The number of anilines is 1. The molecule has 1 aliphatic heterocycles. The van der Waals surface area contributed by atoms with Crippen LogP contribution >= 0.6 is 0 Å². The standard InChI is InChI=1S/C24H22N2O4S/c27-23(25-16-18-9-3-1-4-10-18)17-26-20-13-7-8-14-21(20)31(29,30)22(15-24(26)28)19-11-5-2-6-12-19/h1-14,22H,15-17H2,(H,25,27). The molecule has 0 aromatic heterocycles. The highest BCUT2D eigenvalue weighted by atomic mass is 32.2. The first-order chi connectivity index (χ1) is 15.0. The van der Waals surface area contributed by atoms with Crippen LogP contribution in [0.2, 0.25) is 0 Å². The van der Waals surface area contributed by atoms with Crippen molar-refractivity contribution in [2.24, 2.45) is 0 Å². The summed E-state index contributed by atoms with van der Waals surface area (Å²) in [4.78, 5) is 27.1. The third-order valence-corrected chi connectivity index (χ3v) is 7.45. The van der Waals surface area contributed by atoms with Gasteiger partial charge in [0.15, 0.2) is 9.84 Å². The number of carbonyl (C=O) groups is 2. The molecule has 0 spiro atoms. The van der Waals surface area contributed by atoms with Gasteiger partial charge in [0.2, 0.25) is 11.8 Å². The Morgan fingerprint density at radius 3 is 2.23 bits per heavy atom. The fourth-order valence-corrected chi connectivity index (χ4v) is 5.64. The minimum Gasteiger partial charge on any atom is -0.350 e. The second-order valence-corrected chi connectivity index (χ2v) is 9.46. The Bertz CT molecular complexity index is 1190. The van der Waals surface area contributed by atoms with E-state index in [1.807, 2.05) is 30.3 Å². The number of sulfone groups is 1. The number of para-hydroxylation sites is 1. The molecule has 0 radical (unpaired) electrons. The van der Waals surface area contributed by atoms with Gasteiger partial charge in [0.05, 0.1) is 15.8 Å². The summed E-state index contributed by atoms with van der Waals surface area (Å²) >= 11 is 0. The lowest BCUT2D eigenvalue weighted by Gasteiger charge is -2.21. The van der Waals surface area contributed by atoms with Gasteiger partial charge in [0, 0.05) is 13.0 Å². The van der Waals surface area contributed by atoms with Gasteiger partial charge in [-0.3, -0.25) is 9.59 Å². The number of hydrogen-bond acceptors (Lipinski definition) is 4. The van der Waals surface area contributed by atoms with Gasteiger partial charge in [-0.15, -0.1) is 0 Å². The summed E-state index contributed by atoms with van der Waals surface area (Å²) < 4.78 is 26.9. The van der Waals surface area contributed by atoms with Gasteiger partial charge in [-0.1, -0.05) is 72.8 Å². The molecule has 1 atom stereocenters. The number of nitrogens with one attached hydrogen (secondary N) is 1. The van der Waals surface area contributed by atoms with Crippen LogP contribution in [0.1, 0.15) is 22.8 Å². The molecule has 0 saturated heterocycles. The van der Waals surface area contributed by atoms with Crippen LogP contribution in [0.5, 0.6) is 0 Å². The molecule has 3 aromatic carbocycles. The second kappa shape index (κ2) is 8.73. The quantitative estimate of drug-likeness (QED) is 0.668. The molecule has 0 aliphatic carbocycles. The van der Waals surface area contributed by atoms with E-state index in [4.69, 9.17) is 0 Å². The van der Waals surface area contributed by atoms with Crippen LogP contribution in [0.4, 0.5) is 5.69 Å². The third-order valence-electron chi connectivity index (χ3n) is 5.30. The molecule has 4 rings (SSSR count). The molecule has 3 aromatic rings. The zero-order valence-corrected chi connectivity index (χ0v) is 17.6. The highest BCUT2D eigenvalue weighted by Crippen LogP contribution is 2.40. The van der Waals surface area contributed by atoms with E-state index in [1.165, 1.54) is 11.0 Å². The maximum atomic E-state index is 13.4. The van der Waals surface area contributed by atoms with Crippen molar-refractivity contribution in [3.05, 3.63) is 96.1 Å². The van der Waals surface area contributed by atoms with Crippen molar-refractivity contribution in [2.45, 2.75) is 23.1 Å². The van der Waals surface area contributed by atoms with Crippen LogP contribution in [0, 0.1) is 0 Å². The molecule has 0 saturated carbocycles. The number of amides is 2. The van der Waals surface area contributed by atoms with E-state index in [1.54, 1.807) is 48.5 Å². The van der Waals surface area contributed by atoms with E-state index in [0.29, 0.717) is 12.1 Å². The largest absolute Gasteiger partial charge is 0.350 e. The van der Waals surface area contributed by atoms with Crippen molar-refractivity contribution in [3.63, 3.8) is 0 Å². The zero-order valence-electron chi connectivity index (χ0n) is 16.8. The average Bonchev–Trinajstić information content (AvgIpc) is 2.88. The van der Waals surface area contributed by atoms with Crippen LogP contribution < -0.4 is 10.2 Å². The molecular formula is C24H22N2O4S. The Hall–Kier alpha value is -3.45. The number of rotatable bonds is 5. The lowest BCUT2D eigenvalue weighted by atomic mass is 10.1. The van der Waals surface area contributed by atoms with Gasteiger partial charge in [-0.2, -0.15) is 0 Å². The number of benzene rings is 3. The van der Waals surface area contributed by atoms with Crippen LogP contribution in [-0.2, 0) is 26.0 Å². The lowest BCUT2D eigenvalue weighted by Crippen LogP contribution is -2.40. The Kier molecular flexibility index (Phi) is 5.86. The van der Waals surface area contributed by atoms with Crippen molar-refractivity contribution in [1.29, 1.82) is 0 Å². The minimum absolute atomic E-state index is 0.0607. The van der Waals surface area contributed by atoms with Crippen molar-refractivity contribution < 1.29 is 18.0 Å². The summed E-state index contributed by atoms with van der Waals surface area (Å²) in [5, 5.41) is 1.80. The van der Waals surface area contributed by atoms with E-state index in [2.05, 4.69) is 5.32 Å². The fourth-order valence-electron chi connectivity index (χ4n) is 3.72. The summed E-state index contributed by atoms with van der Waals surface area (Å²) in [6.07, 6.45) is -0.229. The number of hydrogen-bond donors (Lipinski definition) is 1. The normalized spacial score (nSPS) is 17.5. The van der Waals surface area contributed by atoms with E-state index in [-0.39, 0.29) is 29.5 Å². The summed E-state index contributed by atoms with van der Waals surface area (Å²) in [7, 11) is -3.82. The maximum absolute atomic E-state index is 13.4. The van der Waals surface area contributed by atoms with Gasteiger partial charge in [-0.25, -0.2) is 8.42 Å². The van der Waals surface area contributed by atoms with Crippen LogP contribution in [0.25, 0.3) is 0 Å². The molecule has 6 nitrogen and oxygen atoms in total. The summed E-state index contributed by atoms with van der Waals surface area (Å²) in [6.45, 7) is 0.0774. The SMILES string of the molecule is O=C(CN1C(=O)CC(c2ccccc2)S(=O)(=O)c2ccccc21)NCc1ccccc1. The summed E-state index contributed by atoms with van der Waals surface area (Å²) in [5.74, 6) is -0.764. The van der Waals surface area contributed by atoms with Crippen molar-refractivity contribution in [2.75, 3.05) is 11.4 Å². The van der Waals surface area contributed by atoms with Gasteiger partial charge < -0.3 is 10.2 Å². The molecule has 2 amide bonds. The molecule has 1 aliphatic rings. The lowest BCUT2D eigenvalue weighted by molar-refractivity contribution is -0.124. The second-order valence-electron chi connectivity index (χ2n) is 7.36. The fraction of sp³-hybridized carbons (Fsp3) is 0.167. The topological polar surface area (TPSA) is 83.6 Å². The zero-order chi connectivity index (χ0) is 21.8. The molecule has 1 unspecified atom stereocenters. The van der Waals surface area contributed by atoms with Gasteiger partial charge >= 0.3 is 0 Å². The molecule has 158 valence electrons. The highest BCUT2D eigenvalue weighted by molar-refractivity contribution is 7.92. The first-order valence-electron chi connectivity index (χ1n) is 9.95. The summed E-state index contributed by atoms with van der Waals surface area (Å²) in [6, 6.07) is 24.5. The van der Waals surface area contributed by atoms with E-state index in [0.717, 1.165) is 5.56 Å². The van der Waals surface area contributed by atoms with Gasteiger partial charge in [0.25, 0.3) is 0 Å². The van der Waals surface area contributed by atoms with E-state index < -0.39 is 21.0 Å². The molecule has 31 heavy (non-hydrogen) atoms. The van der Waals surface area contributed by atoms with Crippen molar-refractivity contribution >= 4 is 27.3 Å². The van der Waals surface area contributed by atoms with E-state index in [9.17, 15) is 18.0 Å². The molecule has 0 fully saturated rings. The predicted octanol–water partition coefficient (Wildman–Crippen LogP) is 3.25. The number of nitrogens with zero attached hydrogens (tertiary/aromatic N) is 1. The number of carbonyl (C=O) groups excluding carboxylic acids is 2. The Labute approximate surface area is 181 Å². The molecule has 1 N–H and O–H groups in total. The predicted molar refractivity (Wildman–Crippen MR) is 118 cm³/mol. The van der Waals surface area contributed by atoms with Crippen molar-refractivity contribution in [3.8, 4) is 0 Å². The molecule has 7 heteroatoms. The minimum atomic E-state index is -3.82. The number of fused-ring (bicyclic) bond motifs is 1. The van der Waals surface area contributed by atoms with Gasteiger partial charge in [0.1, 0.15) is 6.54 Å². The highest BCUT2D eigenvalue weighted by Gasteiger charge is 2.39. The molecular weight excluding hydrogens is 412 g/mol. The Morgan fingerprint density at radius 2 is 1.52 bits per heavy atom. The molecule has 0 bridgehead atoms. The van der Waals surface area contributed by atoms with Gasteiger partial charge in [-0.05, 0) is 23.3 Å². The summed E-state index contributed by atoms with van der Waals surface area (Å²) in [5.41, 5.74) is 1.73. The first-order valence-corrected chi connectivity index (χ1v) is 11.5. The van der Waals surface area contributed by atoms with Crippen LogP contribution in [0.3, 0.4) is 0 Å². The van der Waals surface area contributed by atoms with Crippen LogP contribution in [0.15, 0.2) is 89.8 Å². The maximum Gasteiger partial charge on any atom is 0.240 e. The molecule has 1 heterocycles. The van der Waals surface area contributed by atoms with Crippen LogP contribution in [-0.4, -0.2) is 26.8 Å². The first kappa shape index (κ1) is 20.8. The van der Waals surface area contributed by atoms with E-state index >= 15 is 0 Å². The Balaban J connectivity index is 1.63.